The number of nitrogens with zero attached hydrogens (tertiary/aromatic N) is 3. The number of nitro benzene ring substituents is 1. The van der Waals surface area contributed by atoms with Crippen molar-refractivity contribution in [3.8, 4) is 17.2 Å². The molecular formula is C18H14N4O5. The Balaban J connectivity index is 1.42. The van der Waals surface area contributed by atoms with Gasteiger partial charge in [0.2, 0.25) is 6.79 Å². The molecule has 0 saturated heterocycles. The maximum Gasteiger partial charge on any atom is 0.269 e. The molecule has 3 aromatic rings. The fraction of sp³-hybridized carbons (Fsp3) is 0.111. The molecule has 4 rings (SSSR count). The molecule has 2 aromatic carbocycles. The lowest BCUT2D eigenvalue weighted by molar-refractivity contribution is -0.384. The van der Waals surface area contributed by atoms with E-state index in [2.05, 4.69) is 10.4 Å². The number of fused-ring (bicyclic) bond motifs is 1. The van der Waals surface area contributed by atoms with Gasteiger partial charge in [0.25, 0.3) is 11.6 Å². The summed E-state index contributed by atoms with van der Waals surface area (Å²) in [6.07, 6.45) is 3.01. The van der Waals surface area contributed by atoms with Crippen molar-refractivity contribution in [1.29, 1.82) is 0 Å². The van der Waals surface area contributed by atoms with Crippen molar-refractivity contribution in [3.05, 3.63) is 76.1 Å². The molecular weight excluding hydrogens is 352 g/mol. The van der Waals surface area contributed by atoms with Gasteiger partial charge < -0.3 is 14.8 Å². The third-order valence-corrected chi connectivity index (χ3v) is 4.06. The van der Waals surface area contributed by atoms with E-state index in [4.69, 9.17) is 9.47 Å². The Kier molecular flexibility index (Phi) is 4.17. The lowest BCUT2D eigenvalue weighted by Gasteiger charge is -2.05. The Bertz CT molecular complexity index is 1010. The Morgan fingerprint density at radius 2 is 1.96 bits per heavy atom. The summed E-state index contributed by atoms with van der Waals surface area (Å²) in [6, 6.07) is 11.4. The van der Waals surface area contributed by atoms with E-state index in [1.807, 2.05) is 12.1 Å². The van der Waals surface area contributed by atoms with Gasteiger partial charge in [0.15, 0.2) is 11.5 Å². The maximum atomic E-state index is 12.3. The SMILES string of the molecule is O=C(NCc1ccc2c(c1)OCO2)c1cnn(-c2ccc([N+](=O)[O-])cc2)c1. The molecule has 0 saturated carbocycles. The predicted molar refractivity (Wildman–Crippen MR) is 94.0 cm³/mol. The number of amides is 1. The quantitative estimate of drug-likeness (QED) is 0.549. The minimum absolute atomic E-state index is 0.00685. The highest BCUT2D eigenvalue weighted by atomic mass is 16.7. The molecule has 1 N–H and O–H groups in total. The first kappa shape index (κ1) is 16.6. The molecule has 0 unspecified atom stereocenters. The molecule has 0 spiro atoms. The topological polar surface area (TPSA) is 109 Å². The van der Waals surface area contributed by atoms with Gasteiger partial charge in [0.05, 0.1) is 22.4 Å². The summed E-state index contributed by atoms with van der Waals surface area (Å²) in [5.41, 5.74) is 1.88. The number of carbonyl (C=O) groups excluding carboxylic acids is 1. The van der Waals surface area contributed by atoms with Crippen molar-refractivity contribution in [2.45, 2.75) is 6.54 Å². The minimum atomic E-state index is -0.470. The number of aromatic nitrogens is 2. The molecule has 1 aromatic heterocycles. The largest absolute Gasteiger partial charge is 0.454 e. The molecule has 27 heavy (non-hydrogen) atoms. The second-order valence-corrected chi connectivity index (χ2v) is 5.82. The van der Waals surface area contributed by atoms with E-state index in [1.54, 1.807) is 24.4 Å². The van der Waals surface area contributed by atoms with Crippen molar-refractivity contribution in [3.63, 3.8) is 0 Å². The minimum Gasteiger partial charge on any atom is -0.454 e. The van der Waals surface area contributed by atoms with Gasteiger partial charge in [-0.05, 0) is 29.8 Å². The normalized spacial score (nSPS) is 12.0. The van der Waals surface area contributed by atoms with Crippen LogP contribution in [0.5, 0.6) is 11.5 Å². The van der Waals surface area contributed by atoms with Crippen molar-refractivity contribution in [2.24, 2.45) is 0 Å². The van der Waals surface area contributed by atoms with Gasteiger partial charge in [0.1, 0.15) is 0 Å². The molecule has 2 heterocycles. The summed E-state index contributed by atoms with van der Waals surface area (Å²) < 4.78 is 12.1. The highest BCUT2D eigenvalue weighted by Gasteiger charge is 2.14. The Labute approximate surface area is 153 Å². The molecule has 0 atom stereocenters. The summed E-state index contributed by atoms with van der Waals surface area (Å²) in [5, 5.41) is 17.7. The average Bonchev–Trinajstić information content (AvgIpc) is 3.35. The number of rotatable bonds is 5. The van der Waals surface area contributed by atoms with Crippen LogP contribution in [0.4, 0.5) is 5.69 Å². The zero-order valence-electron chi connectivity index (χ0n) is 14.0. The summed E-state index contributed by atoms with van der Waals surface area (Å²) in [5.74, 6) is 1.07. The molecule has 9 heteroatoms. The first-order valence-corrected chi connectivity index (χ1v) is 8.06. The van der Waals surface area contributed by atoms with Gasteiger partial charge in [-0.15, -0.1) is 0 Å². The smallest absolute Gasteiger partial charge is 0.269 e. The molecule has 0 radical (unpaired) electrons. The molecule has 0 fully saturated rings. The fourth-order valence-corrected chi connectivity index (χ4v) is 2.64. The van der Waals surface area contributed by atoms with Gasteiger partial charge in [-0.1, -0.05) is 6.07 Å². The lowest BCUT2D eigenvalue weighted by Crippen LogP contribution is -2.22. The standard InChI is InChI=1S/C18H14N4O5/c23-18(19-8-12-1-6-16-17(7-12)27-11-26-16)13-9-20-21(10-13)14-2-4-15(5-3-14)22(24)25/h1-7,9-10H,8,11H2,(H,19,23). The van der Waals surface area contributed by atoms with Crippen LogP contribution in [0, 0.1) is 10.1 Å². The Hall–Kier alpha value is -3.88. The molecule has 1 aliphatic heterocycles. The summed E-state index contributed by atoms with van der Waals surface area (Å²) in [6.45, 7) is 0.533. The first-order valence-electron chi connectivity index (χ1n) is 8.06. The number of nitrogens with one attached hydrogen (secondary N) is 1. The lowest BCUT2D eigenvalue weighted by atomic mass is 10.2. The van der Waals surface area contributed by atoms with Crippen molar-refractivity contribution >= 4 is 11.6 Å². The third kappa shape index (κ3) is 3.43. The van der Waals surface area contributed by atoms with Gasteiger partial charge in [-0.3, -0.25) is 14.9 Å². The molecule has 0 aliphatic carbocycles. The van der Waals surface area contributed by atoms with Crippen LogP contribution in [0.25, 0.3) is 5.69 Å². The number of ether oxygens (including phenoxy) is 2. The van der Waals surface area contributed by atoms with E-state index in [-0.39, 0.29) is 18.4 Å². The Morgan fingerprint density at radius 1 is 1.19 bits per heavy atom. The van der Waals surface area contributed by atoms with Crippen LogP contribution in [0.1, 0.15) is 15.9 Å². The number of nitro groups is 1. The zero-order valence-corrected chi connectivity index (χ0v) is 14.0. The summed E-state index contributed by atoms with van der Waals surface area (Å²) in [4.78, 5) is 22.6. The van der Waals surface area contributed by atoms with E-state index >= 15 is 0 Å². The van der Waals surface area contributed by atoms with Crippen LogP contribution in [0.2, 0.25) is 0 Å². The van der Waals surface area contributed by atoms with Crippen molar-refractivity contribution in [2.75, 3.05) is 6.79 Å². The number of benzene rings is 2. The molecule has 9 nitrogen and oxygen atoms in total. The predicted octanol–water partition coefficient (Wildman–Crippen LogP) is 2.44. The second kappa shape index (κ2) is 6.79. The van der Waals surface area contributed by atoms with Crippen LogP contribution < -0.4 is 14.8 Å². The van der Waals surface area contributed by atoms with E-state index < -0.39 is 4.92 Å². The van der Waals surface area contributed by atoms with Crippen molar-refractivity contribution in [1.82, 2.24) is 15.1 Å². The highest BCUT2D eigenvalue weighted by Crippen LogP contribution is 2.32. The van der Waals surface area contributed by atoms with E-state index in [0.29, 0.717) is 29.3 Å². The summed E-state index contributed by atoms with van der Waals surface area (Å²) in [7, 11) is 0. The number of hydrogen-bond acceptors (Lipinski definition) is 6. The molecule has 1 aliphatic rings. The van der Waals surface area contributed by atoms with Gasteiger partial charge >= 0.3 is 0 Å². The number of hydrogen-bond donors (Lipinski definition) is 1. The molecule has 136 valence electrons. The van der Waals surface area contributed by atoms with Crippen LogP contribution in [-0.2, 0) is 6.54 Å². The van der Waals surface area contributed by atoms with Gasteiger partial charge in [-0.2, -0.15) is 5.10 Å². The Morgan fingerprint density at radius 3 is 2.74 bits per heavy atom. The van der Waals surface area contributed by atoms with Crippen LogP contribution in [0.3, 0.4) is 0 Å². The monoisotopic (exact) mass is 366 g/mol. The third-order valence-electron chi connectivity index (χ3n) is 4.06. The van der Waals surface area contributed by atoms with Gasteiger partial charge in [0, 0.05) is 24.9 Å². The van der Waals surface area contributed by atoms with E-state index in [0.717, 1.165) is 5.56 Å². The maximum absolute atomic E-state index is 12.3. The number of non-ortho nitro benzene ring substituents is 1. The zero-order chi connectivity index (χ0) is 18.8. The van der Waals surface area contributed by atoms with Crippen molar-refractivity contribution < 1.29 is 19.2 Å². The summed E-state index contributed by atoms with van der Waals surface area (Å²) >= 11 is 0. The number of carbonyl (C=O) groups is 1. The fourth-order valence-electron chi connectivity index (χ4n) is 2.64. The van der Waals surface area contributed by atoms with E-state index in [1.165, 1.54) is 23.0 Å². The highest BCUT2D eigenvalue weighted by molar-refractivity contribution is 5.93. The first-order chi connectivity index (χ1) is 13.1. The van der Waals surface area contributed by atoms with Crippen LogP contribution in [-0.4, -0.2) is 27.4 Å². The van der Waals surface area contributed by atoms with Crippen LogP contribution >= 0.6 is 0 Å². The second-order valence-electron chi connectivity index (χ2n) is 5.82. The van der Waals surface area contributed by atoms with Crippen LogP contribution in [0.15, 0.2) is 54.9 Å². The van der Waals surface area contributed by atoms with E-state index in [9.17, 15) is 14.9 Å². The van der Waals surface area contributed by atoms with Gasteiger partial charge in [-0.25, -0.2) is 4.68 Å². The molecule has 1 amide bonds. The molecule has 0 bridgehead atoms. The average molecular weight is 366 g/mol.